The molecule has 1 saturated carbocycles. The van der Waals surface area contributed by atoms with Gasteiger partial charge in [-0.15, -0.1) is 11.8 Å². The molecule has 1 aliphatic carbocycles. The van der Waals surface area contributed by atoms with Gasteiger partial charge in [0.05, 0.1) is 0 Å². The van der Waals surface area contributed by atoms with Crippen molar-refractivity contribution in [2.24, 2.45) is 11.8 Å². The van der Waals surface area contributed by atoms with Crippen LogP contribution in [0.15, 0.2) is 33.6 Å². The molecule has 1 aliphatic rings. The highest BCUT2D eigenvalue weighted by Crippen LogP contribution is 2.33. The predicted molar refractivity (Wildman–Crippen MR) is 93.5 cm³/mol. The van der Waals surface area contributed by atoms with Gasteiger partial charge in [-0.1, -0.05) is 48.7 Å². The fourth-order valence-corrected chi connectivity index (χ4v) is 4.91. The van der Waals surface area contributed by atoms with Crippen molar-refractivity contribution in [1.29, 1.82) is 0 Å². The Bertz CT molecular complexity index is 410. The van der Waals surface area contributed by atoms with E-state index in [1.165, 1.54) is 40.8 Å². The molecular weight excluding hydrogens is 330 g/mol. The fraction of sp³-hybridized carbons (Fsp3) is 0.647. The van der Waals surface area contributed by atoms with E-state index in [1.54, 1.807) is 0 Å². The number of hydrogen-bond acceptors (Lipinski definition) is 2. The van der Waals surface area contributed by atoms with Crippen molar-refractivity contribution in [3.8, 4) is 0 Å². The topological polar surface area (TPSA) is 12.0 Å². The summed E-state index contributed by atoms with van der Waals surface area (Å²) in [5.41, 5.74) is 0. The minimum atomic E-state index is 0.659. The Morgan fingerprint density at radius 3 is 2.95 bits per heavy atom. The number of thioether (sulfide) groups is 1. The maximum atomic E-state index is 3.73. The number of nitrogens with one attached hydrogen (secondary N) is 1. The van der Waals surface area contributed by atoms with Crippen molar-refractivity contribution in [2.45, 2.75) is 50.5 Å². The van der Waals surface area contributed by atoms with Crippen molar-refractivity contribution in [1.82, 2.24) is 5.32 Å². The molecule has 0 amide bonds. The van der Waals surface area contributed by atoms with Crippen LogP contribution in [-0.2, 0) is 0 Å². The van der Waals surface area contributed by atoms with E-state index in [1.807, 2.05) is 11.8 Å². The lowest BCUT2D eigenvalue weighted by atomic mass is 9.79. The first-order valence-electron chi connectivity index (χ1n) is 7.80. The summed E-state index contributed by atoms with van der Waals surface area (Å²) in [4.78, 5) is 1.37. The van der Waals surface area contributed by atoms with Crippen LogP contribution in [0.1, 0.15) is 39.5 Å². The molecule has 0 radical (unpaired) electrons. The standard InChI is InChI=1S/C17H26BrNS/c1-3-19-17(14-7-4-6-13(2)10-14)12-20-16-9-5-8-15(18)11-16/h5,8-9,11,13-14,17,19H,3-4,6-7,10,12H2,1-2H3. The first-order valence-corrected chi connectivity index (χ1v) is 9.58. The zero-order chi connectivity index (χ0) is 14.4. The molecule has 1 N–H and O–H groups in total. The Kier molecular flexibility index (Phi) is 6.92. The summed E-state index contributed by atoms with van der Waals surface area (Å²) in [7, 11) is 0. The molecule has 112 valence electrons. The normalized spacial score (nSPS) is 24.6. The average molecular weight is 356 g/mol. The summed E-state index contributed by atoms with van der Waals surface area (Å²) in [5.74, 6) is 2.95. The summed E-state index contributed by atoms with van der Waals surface area (Å²) >= 11 is 5.54. The smallest absolute Gasteiger partial charge is 0.0189 e. The first-order chi connectivity index (χ1) is 9.69. The monoisotopic (exact) mass is 355 g/mol. The average Bonchev–Trinajstić information content (AvgIpc) is 2.43. The van der Waals surface area contributed by atoms with E-state index in [0.717, 1.165) is 18.4 Å². The lowest BCUT2D eigenvalue weighted by molar-refractivity contribution is 0.235. The molecule has 2 rings (SSSR count). The summed E-state index contributed by atoms with van der Waals surface area (Å²) in [6, 6.07) is 9.30. The molecule has 1 fully saturated rings. The van der Waals surface area contributed by atoms with Gasteiger partial charge >= 0.3 is 0 Å². The molecule has 0 heterocycles. The van der Waals surface area contributed by atoms with Crippen LogP contribution in [0.5, 0.6) is 0 Å². The van der Waals surface area contributed by atoms with Crippen molar-refractivity contribution < 1.29 is 0 Å². The molecule has 3 unspecified atom stereocenters. The number of benzene rings is 1. The van der Waals surface area contributed by atoms with Crippen LogP contribution in [0, 0.1) is 11.8 Å². The Morgan fingerprint density at radius 2 is 2.25 bits per heavy atom. The van der Waals surface area contributed by atoms with Crippen molar-refractivity contribution >= 4 is 27.7 Å². The van der Waals surface area contributed by atoms with Gasteiger partial charge in [0.1, 0.15) is 0 Å². The van der Waals surface area contributed by atoms with Crippen LogP contribution in [0.2, 0.25) is 0 Å². The Morgan fingerprint density at radius 1 is 1.40 bits per heavy atom. The van der Waals surface area contributed by atoms with Crippen LogP contribution in [-0.4, -0.2) is 18.3 Å². The third kappa shape index (κ3) is 5.09. The molecule has 20 heavy (non-hydrogen) atoms. The number of rotatable bonds is 6. The second-order valence-electron chi connectivity index (χ2n) is 5.96. The molecule has 0 saturated heterocycles. The zero-order valence-electron chi connectivity index (χ0n) is 12.6. The fourth-order valence-electron chi connectivity index (χ4n) is 3.21. The van der Waals surface area contributed by atoms with Crippen LogP contribution in [0.4, 0.5) is 0 Å². The van der Waals surface area contributed by atoms with Crippen LogP contribution >= 0.6 is 27.7 Å². The molecule has 1 nitrogen and oxygen atoms in total. The lowest BCUT2D eigenvalue weighted by Crippen LogP contribution is -2.40. The van der Waals surface area contributed by atoms with E-state index < -0.39 is 0 Å². The minimum absolute atomic E-state index is 0.659. The molecule has 3 atom stereocenters. The van der Waals surface area contributed by atoms with E-state index in [4.69, 9.17) is 0 Å². The van der Waals surface area contributed by atoms with Gasteiger partial charge in [0.2, 0.25) is 0 Å². The maximum Gasteiger partial charge on any atom is 0.0189 e. The van der Waals surface area contributed by atoms with Gasteiger partial charge in [-0.05, 0) is 49.4 Å². The van der Waals surface area contributed by atoms with E-state index in [0.29, 0.717) is 6.04 Å². The molecule has 0 bridgehead atoms. The molecule has 0 aromatic heterocycles. The van der Waals surface area contributed by atoms with Crippen LogP contribution in [0.3, 0.4) is 0 Å². The summed E-state index contributed by atoms with van der Waals surface area (Å²) < 4.78 is 1.17. The molecule has 1 aromatic rings. The Balaban J connectivity index is 1.91. The van der Waals surface area contributed by atoms with E-state index in [2.05, 4.69) is 59.4 Å². The number of halogens is 1. The van der Waals surface area contributed by atoms with Gasteiger partial charge in [0.15, 0.2) is 0 Å². The van der Waals surface area contributed by atoms with Crippen molar-refractivity contribution in [3.05, 3.63) is 28.7 Å². The zero-order valence-corrected chi connectivity index (χ0v) is 15.0. The molecule has 1 aromatic carbocycles. The van der Waals surface area contributed by atoms with Crippen LogP contribution in [0.25, 0.3) is 0 Å². The van der Waals surface area contributed by atoms with Gasteiger partial charge in [0.25, 0.3) is 0 Å². The van der Waals surface area contributed by atoms with Gasteiger partial charge in [-0.25, -0.2) is 0 Å². The molecule has 0 spiro atoms. The third-order valence-corrected chi connectivity index (χ3v) is 5.84. The second-order valence-corrected chi connectivity index (χ2v) is 7.97. The predicted octanol–water partition coefficient (Wildman–Crippen LogP) is 5.35. The van der Waals surface area contributed by atoms with Crippen molar-refractivity contribution in [3.63, 3.8) is 0 Å². The Labute approximate surface area is 136 Å². The SMILES string of the molecule is CCNC(CSc1cccc(Br)c1)C1CCCC(C)C1. The third-order valence-electron chi connectivity index (χ3n) is 4.24. The highest BCUT2D eigenvalue weighted by atomic mass is 79.9. The summed E-state index contributed by atoms with van der Waals surface area (Å²) in [6.07, 6.45) is 5.64. The Hall–Kier alpha value is 0.01000. The van der Waals surface area contributed by atoms with E-state index in [-0.39, 0.29) is 0 Å². The maximum absolute atomic E-state index is 3.73. The highest BCUT2D eigenvalue weighted by molar-refractivity contribution is 9.10. The van der Waals surface area contributed by atoms with Gasteiger partial charge in [0, 0.05) is 21.2 Å². The highest BCUT2D eigenvalue weighted by Gasteiger charge is 2.26. The largest absolute Gasteiger partial charge is 0.313 e. The molecule has 0 aliphatic heterocycles. The van der Waals surface area contributed by atoms with Crippen molar-refractivity contribution in [2.75, 3.05) is 12.3 Å². The summed E-state index contributed by atoms with van der Waals surface area (Å²) in [6.45, 7) is 5.72. The number of hydrogen-bond donors (Lipinski definition) is 1. The van der Waals surface area contributed by atoms with E-state index >= 15 is 0 Å². The molecular formula is C17H26BrNS. The van der Waals surface area contributed by atoms with Gasteiger partial charge in [-0.2, -0.15) is 0 Å². The second kappa shape index (κ2) is 8.45. The van der Waals surface area contributed by atoms with Crippen LogP contribution < -0.4 is 5.32 Å². The lowest BCUT2D eigenvalue weighted by Gasteiger charge is -2.33. The van der Waals surface area contributed by atoms with Gasteiger partial charge in [-0.3, -0.25) is 0 Å². The quantitative estimate of drug-likeness (QED) is 0.690. The first kappa shape index (κ1) is 16.4. The minimum Gasteiger partial charge on any atom is -0.313 e. The molecule has 3 heteroatoms. The van der Waals surface area contributed by atoms with E-state index in [9.17, 15) is 0 Å². The summed E-state index contributed by atoms with van der Waals surface area (Å²) in [5, 5.41) is 3.73. The van der Waals surface area contributed by atoms with Gasteiger partial charge < -0.3 is 5.32 Å².